The number of aliphatic hydroxyl groups is 1. The Morgan fingerprint density at radius 1 is 1.02 bits per heavy atom. The SMILES string of the molecule is Cc1cc(S(=O)(=O)N(C)CC(O)CNC(C)(C)CCCc2ccccc2)ccc1-c1ccc(F)cc1CCC(=O)O. The van der Waals surface area contributed by atoms with Crippen LogP contribution in [-0.4, -0.2) is 60.7 Å². The Labute approximate surface area is 243 Å². The van der Waals surface area contributed by atoms with Crippen LogP contribution in [0.1, 0.15) is 49.8 Å². The normalized spacial score (nSPS) is 13.0. The molecule has 222 valence electrons. The molecule has 0 aliphatic heterocycles. The summed E-state index contributed by atoms with van der Waals surface area (Å²) in [6.07, 6.45) is 1.97. The number of hydrogen-bond acceptors (Lipinski definition) is 5. The van der Waals surface area contributed by atoms with Gasteiger partial charge in [0.25, 0.3) is 0 Å². The zero-order valence-electron chi connectivity index (χ0n) is 24.2. The smallest absolute Gasteiger partial charge is 0.303 e. The molecule has 41 heavy (non-hydrogen) atoms. The van der Waals surface area contributed by atoms with Gasteiger partial charge in [0.15, 0.2) is 0 Å². The summed E-state index contributed by atoms with van der Waals surface area (Å²) < 4.78 is 41.7. The molecular weight excluding hydrogens is 543 g/mol. The Balaban J connectivity index is 1.62. The first-order chi connectivity index (χ1) is 19.3. The van der Waals surface area contributed by atoms with Crippen LogP contribution in [-0.2, 0) is 27.7 Å². The lowest BCUT2D eigenvalue weighted by Crippen LogP contribution is -2.46. The lowest BCUT2D eigenvalue weighted by Gasteiger charge is -2.29. The van der Waals surface area contributed by atoms with E-state index in [1.165, 1.54) is 30.8 Å². The number of benzene rings is 3. The molecule has 0 bridgehead atoms. The maximum Gasteiger partial charge on any atom is 0.303 e. The van der Waals surface area contributed by atoms with Crippen molar-refractivity contribution in [1.82, 2.24) is 9.62 Å². The summed E-state index contributed by atoms with van der Waals surface area (Å²) in [4.78, 5) is 11.1. The molecule has 0 fully saturated rings. The second-order valence-electron chi connectivity index (χ2n) is 11.2. The number of aliphatic hydroxyl groups excluding tert-OH is 1. The van der Waals surface area contributed by atoms with Gasteiger partial charge in [-0.25, -0.2) is 12.8 Å². The molecule has 0 spiro atoms. The van der Waals surface area contributed by atoms with Gasteiger partial charge in [-0.1, -0.05) is 42.5 Å². The van der Waals surface area contributed by atoms with Crippen molar-refractivity contribution < 1.29 is 27.8 Å². The Morgan fingerprint density at radius 2 is 1.71 bits per heavy atom. The summed E-state index contributed by atoms with van der Waals surface area (Å²) in [7, 11) is -2.44. The highest BCUT2D eigenvalue weighted by atomic mass is 32.2. The van der Waals surface area contributed by atoms with Gasteiger partial charge in [0.2, 0.25) is 10.0 Å². The van der Waals surface area contributed by atoms with E-state index in [2.05, 4.69) is 31.3 Å². The summed E-state index contributed by atoms with van der Waals surface area (Å²) in [5, 5.41) is 23.1. The van der Waals surface area contributed by atoms with E-state index in [1.54, 1.807) is 25.1 Å². The molecule has 0 saturated heterocycles. The van der Waals surface area contributed by atoms with Crippen LogP contribution in [0.3, 0.4) is 0 Å². The van der Waals surface area contributed by atoms with Gasteiger partial charge in [0.1, 0.15) is 5.82 Å². The van der Waals surface area contributed by atoms with Crippen LogP contribution >= 0.6 is 0 Å². The van der Waals surface area contributed by atoms with Crippen LogP contribution in [0.5, 0.6) is 0 Å². The molecule has 0 aliphatic carbocycles. The van der Waals surface area contributed by atoms with Gasteiger partial charge >= 0.3 is 5.97 Å². The molecule has 3 rings (SSSR count). The number of aryl methyl sites for hydroxylation is 3. The number of sulfonamides is 1. The molecule has 3 aromatic rings. The topological polar surface area (TPSA) is 107 Å². The number of nitrogens with zero attached hydrogens (tertiary/aromatic N) is 1. The van der Waals surface area contributed by atoms with Gasteiger partial charge in [0, 0.05) is 32.1 Å². The van der Waals surface area contributed by atoms with E-state index >= 15 is 0 Å². The van der Waals surface area contributed by atoms with Gasteiger partial charge in [0.05, 0.1) is 11.0 Å². The van der Waals surface area contributed by atoms with E-state index in [9.17, 15) is 22.7 Å². The van der Waals surface area contributed by atoms with Crippen molar-refractivity contribution in [2.45, 2.75) is 69.4 Å². The van der Waals surface area contributed by atoms with E-state index in [-0.39, 0.29) is 36.4 Å². The van der Waals surface area contributed by atoms with Gasteiger partial charge < -0.3 is 15.5 Å². The molecule has 0 amide bonds. The Kier molecular flexibility index (Phi) is 11.2. The fourth-order valence-corrected chi connectivity index (χ4v) is 6.17. The largest absolute Gasteiger partial charge is 0.481 e. The maximum atomic E-state index is 13.9. The Bertz CT molecular complexity index is 1430. The number of aliphatic carboxylic acids is 1. The second-order valence-corrected chi connectivity index (χ2v) is 13.3. The molecular formula is C32H41FN2O5S. The van der Waals surface area contributed by atoms with Crippen molar-refractivity contribution in [3.8, 4) is 11.1 Å². The lowest BCUT2D eigenvalue weighted by molar-refractivity contribution is -0.136. The van der Waals surface area contributed by atoms with E-state index in [1.807, 2.05) is 18.2 Å². The molecule has 0 saturated carbocycles. The summed E-state index contributed by atoms with van der Waals surface area (Å²) in [5.74, 6) is -1.44. The zero-order valence-corrected chi connectivity index (χ0v) is 25.0. The van der Waals surface area contributed by atoms with Crippen molar-refractivity contribution >= 4 is 16.0 Å². The quantitative estimate of drug-likeness (QED) is 0.227. The van der Waals surface area contributed by atoms with Crippen molar-refractivity contribution in [2.24, 2.45) is 0 Å². The minimum Gasteiger partial charge on any atom is -0.481 e. The van der Waals surface area contributed by atoms with Crippen molar-refractivity contribution in [3.63, 3.8) is 0 Å². The van der Waals surface area contributed by atoms with E-state index in [0.29, 0.717) is 22.3 Å². The van der Waals surface area contributed by atoms with Crippen molar-refractivity contribution in [2.75, 3.05) is 20.1 Å². The average molecular weight is 585 g/mol. The van der Waals surface area contributed by atoms with Crippen LogP contribution in [0.2, 0.25) is 0 Å². The zero-order chi connectivity index (χ0) is 30.2. The van der Waals surface area contributed by atoms with Crippen LogP contribution in [0.25, 0.3) is 11.1 Å². The van der Waals surface area contributed by atoms with Gasteiger partial charge in [-0.05, 0) is 98.5 Å². The van der Waals surface area contributed by atoms with E-state index in [4.69, 9.17) is 5.11 Å². The molecule has 0 radical (unpaired) electrons. The molecule has 3 aromatic carbocycles. The first kappa shape index (κ1) is 32.4. The van der Waals surface area contributed by atoms with Gasteiger partial charge in [-0.15, -0.1) is 0 Å². The van der Waals surface area contributed by atoms with Crippen molar-refractivity contribution in [3.05, 3.63) is 89.2 Å². The van der Waals surface area contributed by atoms with E-state index in [0.717, 1.165) is 23.6 Å². The number of carboxylic acid groups (broad SMARTS) is 1. The first-order valence-electron chi connectivity index (χ1n) is 13.8. The number of hydrogen-bond donors (Lipinski definition) is 3. The number of likely N-dealkylation sites (N-methyl/N-ethyl adjacent to an activating group) is 1. The molecule has 7 nitrogen and oxygen atoms in total. The molecule has 9 heteroatoms. The predicted molar refractivity (Wildman–Crippen MR) is 160 cm³/mol. The summed E-state index contributed by atoms with van der Waals surface area (Å²) >= 11 is 0. The monoisotopic (exact) mass is 584 g/mol. The van der Waals surface area contributed by atoms with Gasteiger partial charge in [-0.3, -0.25) is 4.79 Å². The molecule has 1 atom stereocenters. The highest BCUT2D eigenvalue weighted by Crippen LogP contribution is 2.31. The third-order valence-electron chi connectivity index (χ3n) is 7.27. The van der Waals surface area contributed by atoms with Crippen molar-refractivity contribution in [1.29, 1.82) is 0 Å². The minimum absolute atomic E-state index is 0.0759. The maximum absolute atomic E-state index is 13.9. The summed E-state index contributed by atoms with van der Waals surface area (Å²) in [6, 6.07) is 19.2. The standard InChI is InChI=1S/C32H41FN2O5S/c1-23-19-28(14-16-29(23)30-15-13-26(33)20-25(30)12-17-31(37)38)41(39,40)35(4)22-27(36)21-34-32(2,3)18-8-11-24-9-6-5-7-10-24/h5-7,9-10,13-16,19-20,27,34,36H,8,11-12,17-18,21-22H2,1-4H3,(H,37,38). The molecule has 0 heterocycles. The fourth-order valence-electron chi connectivity index (χ4n) is 4.87. The van der Waals surface area contributed by atoms with Gasteiger partial charge in [-0.2, -0.15) is 4.31 Å². The first-order valence-corrected chi connectivity index (χ1v) is 15.3. The molecule has 0 aromatic heterocycles. The lowest BCUT2D eigenvalue weighted by atomic mass is 9.93. The van der Waals surface area contributed by atoms with E-state index < -0.39 is 27.9 Å². The van der Waals surface area contributed by atoms with Crippen LogP contribution in [0.4, 0.5) is 4.39 Å². The number of halogens is 1. The number of nitrogens with one attached hydrogen (secondary N) is 1. The second kappa shape index (κ2) is 14.2. The van der Waals surface area contributed by atoms with Crippen LogP contribution in [0.15, 0.2) is 71.6 Å². The third kappa shape index (κ3) is 9.46. The Hall–Kier alpha value is -3.11. The molecule has 3 N–H and O–H groups in total. The highest BCUT2D eigenvalue weighted by Gasteiger charge is 2.25. The number of carbonyl (C=O) groups is 1. The number of β-amino-alcohol motifs (C(OH)–C–C–N with tert-alkyl or cyclic N) is 1. The molecule has 1 unspecified atom stereocenters. The minimum atomic E-state index is -3.88. The Morgan fingerprint density at radius 3 is 2.37 bits per heavy atom. The third-order valence-corrected chi connectivity index (χ3v) is 9.09. The molecule has 0 aliphatic rings. The number of carboxylic acids is 1. The van der Waals surface area contributed by atoms with Crippen LogP contribution in [0, 0.1) is 12.7 Å². The fraction of sp³-hybridized carbons (Fsp3) is 0.406. The summed E-state index contributed by atoms with van der Waals surface area (Å²) in [5.41, 5.74) is 3.63. The number of rotatable bonds is 15. The average Bonchev–Trinajstić information content (AvgIpc) is 2.91. The summed E-state index contributed by atoms with van der Waals surface area (Å²) in [6.45, 7) is 6.08. The van der Waals surface area contributed by atoms with Crippen LogP contribution < -0.4 is 5.32 Å². The predicted octanol–water partition coefficient (Wildman–Crippen LogP) is 5.19. The highest BCUT2D eigenvalue weighted by molar-refractivity contribution is 7.89.